The van der Waals surface area contributed by atoms with Crippen molar-refractivity contribution < 1.29 is 9.53 Å². The van der Waals surface area contributed by atoms with Gasteiger partial charge in [-0.15, -0.1) is 0 Å². The molecule has 1 aliphatic rings. The van der Waals surface area contributed by atoms with Gasteiger partial charge in [-0.05, 0) is 12.8 Å². The van der Waals surface area contributed by atoms with Crippen molar-refractivity contribution in [2.75, 3.05) is 33.3 Å². The predicted octanol–water partition coefficient (Wildman–Crippen LogP) is 1.65. The maximum absolute atomic E-state index is 12.3. The zero-order valence-corrected chi connectivity index (χ0v) is 12.1. The molecule has 1 N–H and O–H groups in total. The molecule has 1 aliphatic heterocycles. The molecule has 0 aliphatic carbocycles. The van der Waals surface area contributed by atoms with E-state index >= 15 is 0 Å². The van der Waals surface area contributed by atoms with Gasteiger partial charge < -0.3 is 15.0 Å². The molecule has 0 radical (unpaired) electrons. The van der Waals surface area contributed by atoms with Gasteiger partial charge in [0.15, 0.2) is 0 Å². The molecule has 106 valence electrons. The van der Waals surface area contributed by atoms with Crippen LogP contribution in [0, 0.1) is 5.92 Å². The summed E-state index contributed by atoms with van der Waals surface area (Å²) in [6, 6.07) is 0. The van der Waals surface area contributed by atoms with Crippen molar-refractivity contribution in [3.8, 4) is 0 Å². The zero-order valence-electron chi connectivity index (χ0n) is 12.1. The average Bonchev–Trinajstić information content (AvgIpc) is 2.40. The van der Waals surface area contributed by atoms with E-state index in [4.69, 9.17) is 4.74 Å². The first-order valence-electron chi connectivity index (χ1n) is 7.26. The summed E-state index contributed by atoms with van der Waals surface area (Å²) in [6.07, 6.45) is 4.40. The van der Waals surface area contributed by atoms with E-state index in [0.717, 1.165) is 45.4 Å². The average molecular weight is 256 g/mol. The van der Waals surface area contributed by atoms with E-state index < -0.39 is 0 Å². The third-order valence-electron chi connectivity index (χ3n) is 3.61. The Kier molecular flexibility index (Phi) is 7.28. The summed E-state index contributed by atoms with van der Waals surface area (Å²) in [4.78, 5) is 14.2. The Morgan fingerprint density at radius 3 is 2.83 bits per heavy atom. The van der Waals surface area contributed by atoms with Crippen LogP contribution in [-0.4, -0.2) is 50.2 Å². The molecule has 1 fully saturated rings. The lowest BCUT2D eigenvalue weighted by Crippen LogP contribution is -2.46. The molecule has 0 aromatic heterocycles. The number of likely N-dealkylation sites (N-methyl/N-ethyl adjacent to an activating group) is 1. The van der Waals surface area contributed by atoms with Crippen LogP contribution in [0.4, 0.5) is 0 Å². The second kappa shape index (κ2) is 8.48. The number of hydrogen-bond donors (Lipinski definition) is 1. The van der Waals surface area contributed by atoms with Crippen LogP contribution in [0.25, 0.3) is 0 Å². The Balaban J connectivity index is 2.37. The molecule has 0 aromatic carbocycles. The van der Waals surface area contributed by atoms with Gasteiger partial charge in [0.05, 0.1) is 12.7 Å². The highest BCUT2D eigenvalue weighted by molar-refractivity contribution is 5.78. The molecular formula is C14H28N2O2. The number of carbonyl (C=O) groups excluding carboxylic acids is 1. The van der Waals surface area contributed by atoms with Crippen molar-refractivity contribution in [3.05, 3.63) is 0 Å². The topological polar surface area (TPSA) is 41.6 Å². The summed E-state index contributed by atoms with van der Waals surface area (Å²) in [6.45, 7) is 7.49. The summed E-state index contributed by atoms with van der Waals surface area (Å²) in [5.74, 6) is 0.464. The Morgan fingerprint density at radius 1 is 1.50 bits per heavy atom. The normalized spacial score (nSPS) is 21.6. The van der Waals surface area contributed by atoms with Gasteiger partial charge in [0.2, 0.25) is 5.91 Å². The number of hydrogen-bond acceptors (Lipinski definition) is 3. The molecule has 1 amide bonds. The minimum Gasteiger partial charge on any atom is -0.374 e. The molecule has 2 unspecified atom stereocenters. The number of carbonyl (C=O) groups is 1. The highest BCUT2D eigenvalue weighted by atomic mass is 16.5. The van der Waals surface area contributed by atoms with Crippen molar-refractivity contribution in [1.29, 1.82) is 0 Å². The Labute approximate surface area is 111 Å². The Bertz CT molecular complexity index is 240. The van der Waals surface area contributed by atoms with E-state index in [1.165, 1.54) is 0 Å². The van der Waals surface area contributed by atoms with Crippen LogP contribution in [0.2, 0.25) is 0 Å². The summed E-state index contributed by atoms with van der Waals surface area (Å²) >= 11 is 0. The van der Waals surface area contributed by atoms with Crippen molar-refractivity contribution >= 4 is 5.91 Å². The second-order valence-electron chi connectivity index (χ2n) is 5.16. The van der Waals surface area contributed by atoms with Gasteiger partial charge in [-0.3, -0.25) is 4.79 Å². The molecule has 0 saturated carbocycles. The van der Waals surface area contributed by atoms with Crippen LogP contribution in [0.15, 0.2) is 0 Å². The highest BCUT2D eigenvalue weighted by Gasteiger charge is 2.23. The summed E-state index contributed by atoms with van der Waals surface area (Å²) in [7, 11) is 1.90. The molecule has 0 spiro atoms. The van der Waals surface area contributed by atoms with E-state index in [9.17, 15) is 4.79 Å². The first kappa shape index (κ1) is 15.4. The third kappa shape index (κ3) is 4.94. The summed E-state index contributed by atoms with van der Waals surface area (Å²) in [5.41, 5.74) is 0. The van der Waals surface area contributed by atoms with Gasteiger partial charge in [-0.1, -0.05) is 26.7 Å². The summed E-state index contributed by atoms with van der Waals surface area (Å²) in [5, 5.41) is 3.29. The SMILES string of the molecule is CCCCC(CC)C(=O)N(C)CC1CNCCO1. The van der Waals surface area contributed by atoms with Crippen molar-refractivity contribution in [2.24, 2.45) is 5.92 Å². The number of morpholine rings is 1. The molecule has 1 saturated heterocycles. The van der Waals surface area contributed by atoms with E-state index in [-0.39, 0.29) is 17.9 Å². The molecule has 18 heavy (non-hydrogen) atoms. The number of ether oxygens (including phenoxy) is 1. The van der Waals surface area contributed by atoms with E-state index in [1.54, 1.807) is 0 Å². The molecule has 4 heteroatoms. The monoisotopic (exact) mass is 256 g/mol. The minimum absolute atomic E-state index is 0.149. The number of rotatable bonds is 7. The molecule has 0 aromatic rings. The minimum atomic E-state index is 0.149. The van der Waals surface area contributed by atoms with Crippen LogP contribution in [-0.2, 0) is 9.53 Å². The smallest absolute Gasteiger partial charge is 0.225 e. The van der Waals surface area contributed by atoms with Gasteiger partial charge in [-0.2, -0.15) is 0 Å². The fraction of sp³-hybridized carbons (Fsp3) is 0.929. The first-order chi connectivity index (χ1) is 8.69. The number of unbranched alkanes of at least 4 members (excludes halogenated alkanes) is 1. The molecule has 4 nitrogen and oxygen atoms in total. The maximum Gasteiger partial charge on any atom is 0.225 e. The fourth-order valence-electron chi connectivity index (χ4n) is 2.40. The Morgan fingerprint density at radius 2 is 2.28 bits per heavy atom. The quantitative estimate of drug-likeness (QED) is 0.753. The van der Waals surface area contributed by atoms with Gasteiger partial charge in [0.25, 0.3) is 0 Å². The van der Waals surface area contributed by atoms with Crippen molar-refractivity contribution in [2.45, 2.75) is 45.6 Å². The zero-order chi connectivity index (χ0) is 13.4. The van der Waals surface area contributed by atoms with Gasteiger partial charge in [-0.25, -0.2) is 0 Å². The third-order valence-corrected chi connectivity index (χ3v) is 3.61. The van der Waals surface area contributed by atoms with Crippen LogP contribution < -0.4 is 5.32 Å². The highest BCUT2D eigenvalue weighted by Crippen LogP contribution is 2.15. The summed E-state index contributed by atoms with van der Waals surface area (Å²) < 4.78 is 5.64. The Hall–Kier alpha value is -0.610. The van der Waals surface area contributed by atoms with Crippen LogP contribution >= 0.6 is 0 Å². The largest absolute Gasteiger partial charge is 0.374 e. The van der Waals surface area contributed by atoms with Crippen LogP contribution in [0.3, 0.4) is 0 Å². The van der Waals surface area contributed by atoms with Gasteiger partial charge >= 0.3 is 0 Å². The second-order valence-corrected chi connectivity index (χ2v) is 5.16. The van der Waals surface area contributed by atoms with E-state index in [1.807, 2.05) is 11.9 Å². The molecule has 1 rings (SSSR count). The predicted molar refractivity (Wildman–Crippen MR) is 73.6 cm³/mol. The van der Waals surface area contributed by atoms with Gasteiger partial charge in [0, 0.05) is 32.6 Å². The number of nitrogens with zero attached hydrogens (tertiary/aromatic N) is 1. The fourth-order valence-corrected chi connectivity index (χ4v) is 2.40. The number of nitrogens with one attached hydrogen (secondary N) is 1. The standard InChI is InChI=1S/C14H28N2O2/c1-4-6-7-12(5-2)14(17)16(3)11-13-10-15-8-9-18-13/h12-13,15H,4-11H2,1-3H3. The lowest BCUT2D eigenvalue weighted by molar-refractivity contribution is -0.136. The first-order valence-corrected chi connectivity index (χ1v) is 7.26. The molecule has 2 atom stereocenters. The van der Waals surface area contributed by atoms with Crippen LogP contribution in [0.5, 0.6) is 0 Å². The molecular weight excluding hydrogens is 228 g/mol. The molecule has 1 heterocycles. The van der Waals surface area contributed by atoms with E-state index in [2.05, 4.69) is 19.2 Å². The maximum atomic E-state index is 12.3. The lowest BCUT2D eigenvalue weighted by atomic mass is 9.98. The van der Waals surface area contributed by atoms with Crippen LogP contribution in [0.1, 0.15) is 39.5 Å². The lowest BCUT2D eigenvalue weighted by Gasteiger charge is -2.30. The van der Waals surface area contributed by atoms with Crippen molar-refractivity contribution in [3.63, 3.8) is 0 Å². The molecule has 0 bridgehead atoms. The number of amides is 1. The van der Waals surface area contributed by atoms with Gasteiger partial charge in [0.1, 0.15) is 0 Å². The van der Waals surface area contributed by atoms with E-state index in [0.29, 0.717) is 6.54 Å². The van der Waals surface area contributed by atoms with Crippen molar-refractivity contribution in [1.82, 2.24) is 10.2 Å².